The van der Waals surface area contributed by atoms with Crippen molar-refractivity contribution in [3.8, 4) is 28.4 Å². The van der Waals surface area contributed by atoms with E-state index in [4.69, 9.17) is 14.5 Å². The van der Waals surface area contributed by atoms with Crippen molar-refractivity contribution in [2.24, 2.45) is 0 Å². The predicted molar refractivity (Wildman–Crippen MR) is 125 cm³/mol. The fourth-order valence-corrected chi connectivity index (χ4v) is 3.85. The molecule has 0 atom stereocenters. The molecule has 0 aliphatic heterocycles. The van der Waals surface area contributed by atoms with Crippen LogP contribution in [0, 0.1) is 6.92 Å². The molecule has 32 heavy (non-hydrogen) atoms. The Labute approximate surface area is 185 Å². The average Bonchev–Trinajstić information content (AvgIpc) is 3.48. The van der Waals surface area contributed by atoms with Crippen LogP contribution in [0.3, 0.4) is 0 Å². The number of hydrogen-bond donors (Lipinski definition) is 1. The Kier molecular flexibility index (Phi) is 4.99. The summed E-state index contributed by atoms with van der Waals surface area (Å²) in [5.74, 6) is 1.55. The molecule has 2 aromatic carbocycles. The first kappa shape index (κ1) is 19.7. The number of anilines is 2. The molecule has 1 N–H and O–H groups in total. The van der Waals surface area contributed by atoms with Crippen LogP contribution in [-0.4, -0.2) is 33.2 Å². The normalized spacial score (nSPS) is 11.0. The number of fused-ring (bicyclic) bond motifs is 1. The molecule has 3 aromatic heterocycles. The minimum absolute atomic E-state index is 0.747. The molecule has 5 aromatic rings. The molecule has 3 heterocycles. The summed E-state index contributed by atoms with van der Waals surface area (Å²) < 4.78 is 15.0. The highest BCUT2D eigenvalue weighted by Gasteiger charge is 2.14. The van der Waals surface area contributed by atoms with Crippen molar-refractivity contribution in [3.63, 3.8) is 0 Å². The lowest BCUT2D eigenvalue weighted by Crippen LogP contribution is -1.99. The summed E-state index contributed by atoms with van der Waals surface area (Å²) in [5, 5.41) is 3.50. The molecule has 0 fully saturated rings. The molecule has 0 saturated heterocycles. The Hall–Kier alpha value is -4.26. The average molecular weight is 425 g/mol. The van der Waals surface area contributed by atoms with E-state index in [-0.39, 0.29) is 0 Å². The van der Waals surface area contributed by atoms with E-state index in [1.54, 1.807) is 26.7 Å². The van der Waals surface area contributed by atoms with Gasteiger partial charge in [-0.05, 0) is 43.3 Å². The van der Waals surface area contributed by atoms with Crippen LogP contribution in [0.25, 0.3) is 22.6 Å². The summed E-state index contributed by atoms with van der Waals surface area (Å²) in [6, 6.07) is 18.0. The third-order valence-electron chi connectivity index (χ3n) is 5.47. The standard InChI is InChI=1S/C25H23N5O2/c1-17-24(18-6-4-7-20(14-18)31-2)28-25-21(8-5-12-30(17)25)27-19-9-10-22(23(15-19)32-3)29-13-11-26-16-29/h4-16,27H,1-3H3. The van der Waals surface area contributed by atoms with E-state index in [1.165, 1.54) is 0 Å². The largest absolute Gasteiger partial charge is 0.497 e. The minimum Gasteiger partial charge on any atom is -0.497 e. The van der Waals surface area contributed by atoms with E-state index in [9.17, 15) is 0 Å². The maximum Gasteiger partial charge on any atom is 0.161 e. The SMILES string of the molecule is COc1cccc(-c2nc3c(Nc4ccc(-n5ccnc5)c(OC)c4)cccn3c2C)c1. The molecule has 7 nitrogen and oxygen atoms in total. The molecule has 160 valence electrons. The number of ether oxygens (including phenoxy) is 2. The molecule has 0 radical (unpaired) electrons. The predicted octanol–water partition coefficient (Wildman–Crippen LogP) is 5.26. The summed E-state index contributed by atoms with van der Waals surface area (Å²) in [6.07, 6.45) is 7.40. The Morgan fingerprint density at radius 2 is 1.84 bits per heavy atom. The Bertz CT molecular complexity index is 1390. The van der Waals surface area contributed by atoms with Crippen molar-refractivity contribution < 1.29 is 9.47 Å². The highest BCUT2D eigenvalue weighted by atomic mass is 16.5. The molecular weight excluding hydrogens is 402 g/mol. The van der Waals surface area contributed by atoms with E-state index in [2.05, 4.69) is 21.6 Å². The maximum atomic E-state index is 5.62. The van der Waals surface area contributed by atoms with E-state index in [0.717, 1.165) is 51.2 Å². The lowest BCUT2D eigenvalue weighted by molar-refractivity contribution is 0.413. The molecular formula is C25H23N5O2. The Morgan fingerprint density at radius 3 is 2.62 bits per heavy atom. The van der Waals surface area contributed by atoms with Crippen LogP contribution in [0.4, 0.5) is 11.4 Å². The zero-order valence-electron chi connectivity index (χ0n) is 18.1. The number of nitrogens with zero attached hydrogens (tertiary/aromatic N) is 4. The molecule has 0 aliphatic rings. The molecule has 0 spiro atoms. The van der Waals surface area contributed by atoms with Gasteiger partial charge in [0.1, 0.15) is 11.5 Å². The Balaban J connectivity index is 1.54. The van der Waals surface area contributed by atoms with E-state index < -0.39 is 0 Å². The number of methoxy groups -OCH3 is 2. The van der Waals surface area contributed by atoms with Crippen molar-refractivity contribution in [1.82, 2.24) is 18.9 Å². The minimum atomic E-state index is 0.747. The van der Waals surface area contributed by atoms with Gasteiger partial charge < -0.3 is 23.8 Å². The van der Waals surface area contributed by atoms with Crippen LogP contribution in [-0.2, 0) is 0 Å². The number of benzene rings is 2. The number of nitrogens with one attached hydrogen (secondary N) is 1. The summed E-state index contributed by atoms with van der Waals surface area (Å²) in [6.45, 7) is 2.07. The molecule has 0 bridgehead atoms. The van der Waals surface area contributed by atoms with Gasteiger partial charge in [-0.15, -0.1) is 0 Å². The van der Waals surface area contributed by atoms with E-state index >= 15 is 0 Å². The van der Waals surface area contributed by atoms with E-state index in [1.807, 2.05) is 71.6 Å². The molecule has 0 amide bonds. The lowest BCUT2D eigenvalue weighted by Gasteiger charge is -2.13. The van der Waals surface area contributed by atoms with Crippen molar-refractivity contribution in [1.29, 1.82) is 0 Å². The third kappa shape index (κ3) is 3.43. The highest BCUT2D eigenvalue weighted by molar-refractivity contribution is 5.79. The van der Waals surface area contributed by atoms with Crippen molar-refractivity contribution >= 4 is 17.0 Å². The van der Waals surface area contributed by atoms with Crippen LogP contribution in [0.1, 0.15) is 5.69 Å². The highest BCUT2D eigenvalue weighted by Crippen LogP contribution is 2.32. The van der Waals surface area contributed by atoms with Gasteiger partial charge in [0.15, 0.2) is 5.65 Å². The van der Waals surface area contributed by atoms with Crippen LogP contribution >= 0.6 is 0 Å². The van der Waals surface area contributed by atoms with Gasteiger partial charge in [0.25, 0.3) is 0 Å². The first-order valence-electron chi connectivity index (χ1n) is 10.2. The fourth-order valence-electron chi connectivity index (χ4n) is 3.85. The van der Waals surface area contributed by atoms with Gasteiger partial charge in [0.05, 0.1) is 37.6 Å². The van der Waals surface area contributed by atoms with Crippen molar-refractivity contribution in [2.45, 2.75) is 6.92 Å². The second kappa shape index (κ2) is 8.11. The number of rotatable bonds is 6. The number of pyridine rings is 1. The number of aromatic nitrogens is 4. The summed E-state index contributed by atoms with van der Waals surface area (Å²) >= 11 is 0. The monoisotopic (exact) mass is 425 g/mol. The summed E-state index contributed by atoms with van der Waals surface area (Å²) in [4.78, 5) is 9.07. The van der Waals surface area contributed by atoms with Gasteiger partial charge in [0, 0.05) is 41.6 Å². The first-order valence-corrected chi connectivity index (χ1v) is 10.2. The van der Waals surface area contributed by atoms with Gasteiger partial charge in [-0.1, -0.05) is 12.1 Å². The molecule has 0 saturated carbocycles. The van der Waals surface area contributed by atoms with Gasteiger partial charge in [0.2, 0.25) is 0 Å². The fraction of sp³-hybridized carbons (Fsp3) is 0.120. The number of aryl methyl sites for hydroxylation is 1. The van der Waals surface area contributed by atoms with Crippen LogP contribution in [0.2, 0.25) is 0 Å². The van der Waals surface area contributed by atoms with Crippen molar-refractivity contribution in [2.75, 3.05) is 19.5 Å². The van der Waals surface area contributed by atoms with Gasteiger partial charge in [-0.2, -0.15) is 0 Å². The van der Waals surface area contributed by atoms with Gasteiger partial charge in [-0.3, -0.25) is 0 Å². The Morgan fingerprint density at radius 1 is 0.938 bits per heavy atom. The van der Waals surface area contributed by atoms with Crippen LogP contribution in [0.5, 0.6) is 11.5 Å². The van der Waals surface area contributed by atoms with Crippen LogP contribution < -0.4 is 14.8 Å². The zero-order chi connectivity index (χ0) is 22.1. The van der Waals surface area contributed by atoms with Crippen molar-refractivity contribution in [3.05, 3.63) is 85.2 Å². The molecule has 5 rings (SSSR count). The maximum absolute atomic E-state index is 5.62. The second-order valence-electron chi connectivity index (χ2n) is 7.37. The summed E-state index contributed by atoms with van der Waals surface area (Å²) in [7, 11) is 3.34. The quantitative estimate of drug-likeness (QED) is 0.402. The van der Waals surface area contributed by atoms with E-state index in [0.29, 0.717) is 0 Å². The summed E-state index contributed by atoms with van der Waals surface area (Å²) in [5.41, 5.74) is 6.58. The lowest BCUT2D eigenvalue weighted by atomic mass is 10.1. The number of hydrogen-bond acceptors (Lipinski definition) is 5. The smallest absolute Gasteiger partial charge is 0.161 e. The third-order valence-corrected chi connectivity index (χ3v) is 5.47. The molecule has 0 aliphatic carbocycles. The van der Waals surface area contributed by atoms with Gasteiger partial charge >= 0.3 is 0 Å². The first-order chi connectivity index (χ1) is 15.7. The number of imidazole rings is 2. The topological polar surface area (TPSA) is 65.6 Å². The van der Waals surface area contributed by atoms with Crippen LogP contribution in [0.15, 0.2) is 79.5 Å². The zero-order valence-corrected chi connectivity index (χ0v) is 18.1. The van der Waals surface area contributed by atoms with Gasteiger partial charge in [-0.25, -0.2) is 9.97 Å². The molecule has 7 heteroatoms. The second-order valence-corrected chi connectivity index (χ2v) is 7.37. The molecule has 0 unspecified atom stereocenters.